The van der Waals surface area contributed by atoms with Crippen molar-refractivity contribution in [2.24, 2.45) is 5.92 Å². The number of carboxylic acids is 1. The summed E-state index contributed by atoms with van der Waals surface area (Å²) in [6, 6.07) is -1.15. The van der Waals surface area contributed by atoms with Crippen LogP contribution in [0.2, 0.25) is 0 Å². The zero-order valence-electron chi connectivity index (χ0n) is 11.5. The number of urea groups is 1. The number of aliphatic carboxylic acids is 1. The molecular weight excluding hydrogens is 264 g/mol. The van der Waals surface area contributed by atoms with Crippen LogP contribution in [0.5, 0.6) is 0 Å². The number of thioether (sulfide) groups is 1. The van der Waals surface area contributed by atoms with Gasteiger partial charge in [-0.25, -0.2) is 9.59 Å². The third-order valence-corrected chi connectivity index (χ3v) is 4.13. The summed E-state index contributed by atoms with van der Waals surface area (Å²) < 4.78 is 0. The first-order valence-electron chi connectivity index (χ1n) is 6.89. The van der Waals surface area contributed by atoms with Crippen LogP contribution < -0.4 is 10.6 Å². The number of carbonyl (C=O) groups excluding carboxylic acids is 1. The number of rotatable bonds is 7. The second-order valence-corrected chi connectivity index (χ2v) is 6.02. The molecule has 1 aliphatic carbocycles. The van der Waals surface area contributed by atoms with E-state index in [9.17, 15) is 9.59 Å². The molecule has 1 saturated carbocycles. The fourth-order valence-electron chi connectivity index (χ4n) is 2.33. The van der Waals surface area contributed by atoms with E-state index in [1.165, 1.54) is 19.3 Å². The lowest BCUT2D eigenvalue weighted by Gasteiger charge is -2.22. The lowest BCUT2D eigenvalue weighted by molar-refractivity contribution is -0.139. The van der Waals surface area contributed by atoms with Crippen molar-refractivity contribution >= 4 is 23.8 Å². The Labute approximate surface area is 118 Å². The largest absolute Gasteiger partial charge is 0.480 e. The fraction of sp³-hybridized carbons (Fsp3) is 0.846. The van der Waals surface area contributed by atoms with Crippen molar-refractivity contribution in [2.75, 3.05) is 18.6 Å². The van der Waals surface area contributed by atoms with Gasteiger partial charge in [0, 0.05) is 6.54 Å². The Morgan fingerprint density at radius 2 is 2.00 bits per heavy atom. The van der Waals surface area contributed by atoms with Crippen molar-refractivity contribution in [2.45, 2.75) is 44.6 Å². The van der Waals surface area contributed by atoms with Gasteiger partial charge in [0.05, 0.1) is 0 Å². The minimum absolute atomic E-state index is 0.362. The SMILES string of the molecule is CSCC[C@@H](NC(=O)NCC1CCCCC1)C(=O)O. The van der Waals surface area contributed by atoms with Gasteiger partial charge in [0.15, 0.2) is 0 Å². The van der Waals surface area contributed by atoms with Gasteiger partial charge in [-0.1, -0.05) is 19.3 Å². The minimum atomic E-state index is -0.970. The molecular formula is C13H24N2O3S. The predicted octanol–water partition coefficient (Wildman–Crippen LogP) is 2.07. The van der Waals surface area contributed by atoms with Crippen LogP contribution in [-0.2, 0) is 4.79 Å². The summed E-state index contributed by atoms with van der Waals surface area (Å²) >= 11 is 1.58. The van der Waals surface area contributed by atoms with E-state index >= 15 is 0 Å². The molecule has 0 aromatic carbocycles. The van der Waals surface area contributed by atoms with Crippen LogP contribution in [-0.4, -0.2) is 41.7 Å². The number of nitrogens with one attached hydrogen (secondary N) is 2. The molecule has 1 aliphatic rings. The lowest BCUT2D eigenvalue weighted by Crippen LogP contribution is -2.47. The summed E-state index contributed by atoms with van der Waals surface area (Å²) in [5, 5.41) is 14.3. The zero-order valence-corrected chi connectivity index (χ0v) is 12.3. The molecule has 0 saturated heterocycles. The molecule has 0 heterocycles. The second-order valence-electron chi connectivity index (χ2n) is 5.03. The predicted molar refractivity (Wildman–Crippen MR) is 77.5 cm³/mol. The van der Waals surface area contributed by atoms with Crippen LogP contribution >= 0.6 is 11.8 Å². The molecule has 0 spiro atoms. The monoisotopic (exact) mass is 288 g/mol. The number of hydrogen-bond acceptors (Lipinski definition) is 3. The topological polar surface area (TPSA) is 78.4 Å². The Hall–Kier alpha value is -0.910. The summed E-state index contributed by atoms with van der Waals surface area (Å²) in [6.45, 7) is 0.653. The van der Waals surface area contributed by atoms with E-state index in [2.05, 4.69) is 10.6 Å². The van der Waals surface area contributed by atoms with Gasteiger partial charge in [-0.05, 0) is 37.2 Å². The van der Waals surface area contributed by atoms with Gasteiger partial charge in [-0.15, -0.1) is 0 Å². The van der Waals surface area contributed by atoms with E-state index < -0.39 is 12.0 Å². The maximum atomic E-state index is 11.7. The summed E-state index contributed by atoms with van der Waals surface area (Å²) in [6.07, 6.45) is 8.46. The quantitative estimate of drug-likeness (QED) is 0.670. The van der Waals surface area contributed by atoms with Crippen LogP contribution in [0.4, 0.5) is 4.79 Å². The molecule has 0 unspecified atom stereocenters. The van der Waals surface area contributed by atoms with Crippen molar-refractivity contribution in [3.63, 3.8) is 0 Å². The van der Waals surface area contributed by atoms with Gasteiger partial charge in [-0.2, -0.15) is 11.8 Å². The average Bonchev–Trinajstić information content (AvgIpc) is 2.42. The van der Waals surface area contributed by atoms with Crippen LogP contribution in [0.3, 0.4) is 0 Å². The molecule has 1 rings (SSSR count). The summed E-state index contributed by atoms with van der Waals surface area (Å²) in [7, 11) is 0. The Morgan fingerprint density at radius 1 is 1.32 bits per heavy atom. The fourth-order valence-corrected chi connectivity index (χ4v) is 2.80. The highest BCUT2D eigenvalue weighted by Gasteiger charge is 2.20. The Balaban J connectivity index is 2.25. The third kappa shape index (κ3) is 6.71. The van der Waals surface area contributed by atoms with Crippen LogP contribution in [0.15, 0.2) is 0 Å². The summed E-state index contributed by atoms with van der Waals surface area (Å²) in [5.41, 5.74) is 0. The highest BCUT2D eigenvalue weighted by Crippen LogP contribution is 2.22. The first kappa shape index (κ1) is 16.1. The van der Waals surface area contributed by atoms with Crippen molar-refractivity contribution in [3.05, 3.63) is 0 Å². The maximum Gasteiger partial charge on any atom is 0.326 e. The average molecular weight is 288 g/mol. The summed E-state index contributed by atoms with van der Waals surface area (Å²) in [5.74, 6) is 0.302. The summed E-state index contributed by atoms with van der Waals surface area (Å²) in [4.78, 5) is 22.7. The van der Waals surface area contributed by atoms with Gasteiger partial charge in [0.1, 0.15) is 6.04 Å². The molecule has 5 nitrogen and oxygen atoms in total. The molecule has 0 aromatic rings. The van der Waals surface area contributed by atoms with Crippen LogP contribution in [0.25, 0.3) is 0 Å². The molecule has 6 heteroatoms. The molecule has 2 amide bonds. The maximum absolute atomic E-state index is 11.7. The molecule has 0 aliphatic heterocycles. The normalized spacial score (nSPS) is 17.7. The van der Waals surface area contributed by atoms with E-state index in [4.69, 9.17) is 5.11 Å². The molecule has 1 fully saturated rings. The Kier molecular flexibility index (Phi) is 7.70. The first-order valence-corrected chi connectivity index (χ1v) is 8.29. The Bertz CT molecular complexity index is 294. The minimum Gasteiger partial charge on any atom is -0.480 e. The van der Waals surface area contributed by atoms with E-state index in [1.54, 1.807) is 11.8 Å². The molecule has 0 radical (unpaired) electrons. The lowest BCUT2D eigenvalue weighted by atomic mass is 9.89. The van der Waals surface area contributed by atoms with Gasteiger partial charge in [0.25, 0.3) is 0 Å². The van der Waals surface area contributed by atoms with Gasteiger partial charge in [-0.3, -0.25) is 0 Å². The van der Waals surface area contributed by atoms with E-state index in [0.29, 0.717) is 18.9 Å². The number of carbonyl (C=O) groups is 2. The van der Waals surface area contributed by atoms with E-state index in [-0.39, 0.29) is 6.03 Å². The first-order chi connectivity index (χ1) is 9.13. The highest BCUT2D eigenvalue weighted by atomic mass is 32.2. The molecule has 110 valence electrons. The zero-order chi connectivity index (χ0) is 14.1. The highest BCUT2D eigenvalue weighted by molar-refractivity contribution is 7.98. The van der Waals surface area contributed by atoms with Gasteiger partial charge < -0.3 is 15.7 Å². The van der Waals surface area contributed by atoms with E-state index in [0.717, 1.165) is 18.6 Å². The number of amides is 2. The van der Waals surface area contributed by atoms with Crippen molar-refractivity contribution < 1.29 is 14.7 Å². The smallest absolute Gasteiger partial charge is 0.326 e. The van der Waals surface area contributed by atoms with Crippen molar-refractivity contribution in [3.8, 4) is 0 Å². The Morgan fingerprint density at radius 3 is 2.58 bits per heavy atom. The van der Waals surface area contributed by atoms with Gasteiger partial charge >= 0.3 is 12.0 Å². The number of hydrogen-bond donors (Lipinski definition) is 3. The molecule has 1 atom stereocenters. The van der Waals surface area contributed by atoms with Crippen molar-refractivity contribution in [1.29, 1.82) is 0 Å². The second kappa shape index (κ2) is 9.07. The van der Waals surface area contributed by atoms with Crippen molar-refractivity contribution in [1.82, 2.24) is 10.6 Å². The molecule has 0 bridgehead atoms. The molecule has 0 aromatic heterocycles. The van der Waals surface area contributed by atoms with Crippen LogP contribution in [0.1, 0.15) is 38.5 Å². The third-order valence-electron chi connectivity index (χ3n) is 3.49. The molecule has 19 heavy (non-hydrogen) atoms. The number of carboxylic acid groups (broad SMARTS) is 1. The van der Waals surface area contributed by atoms with E-state index in [1.807, 2.05) is 6.26 Å². The van der Waals surface area contributed by atoms with Gasteiger partial charge in [0.2, 0.25) is 0 Å². The molecule has 3 N–H and O–H groups in total. The van der Waals surface area contributed by atoms with Crippen LogP contribution in [0, 0.1) is 5.92 Å². The standard InChI is InChI=1S/C13H24N2O3S/c1-19-8-7-11(12(16)17)15-13(18)14-9-10-5-3-2-4-6-10/h10-11H,2-9H2,1H3,(H,16,17)(H2,14,15,18)/t11-/m1/s1.